The standard InChI is InChI=1S/C12H14ClNO3/c13-12(17)9-3-1-8(2-4-9)7-14-10(15)5-6-11(14)16/h5-6,8-9H,1-4,7H2/t8-,9-. The molecule has 1 heterocycles. The van der Waals surface area contributed by atoms with Crippen LogP contribution >= 0.6 is 11.6 Å². The summed E-state index contributed by atoms with van der Waals surface area (Å²) < 4.78 is 0. The van der Waals surface area contributed by atoms with Crippen LogP contribution in [0.4, 0.5) is 0 Å². The Hall–Kier alpha value is -1.16. The minimum atomic E-state index is -0.265. The minimum Gasteiger partial charge on any atom is -0.281 e. The zero-order chi connectivity index (χ0) is 12.4. The molecule has 2 amide bonds. The first-order valence-electron chi connectivity index (χ1n) is 5.81. The van der Waals surface area contributed by atoms with Crippen molar-refractivity contribution in [3.8, 4) is 0 Å². The second kappa shape index (κ2) is 5.00. The number of rotatable bonds is 3. The van der Waals surface area contributed by atoms with E-state index in [4.69, 9.17) is 11.6 Å². The molecule has 17 heavy (non-hydrogen) atoms. The maximum Gasteiger partial charge on any atom is 0.253 e. The van der Waals surface area contributed by atoms with E-state index in [9.17, 15) is 14.4 Å². The number of hydrogen-bond donors (Lipinski definition) is 0. The van der Waals surface area contributed by atoms with Crippen molar-refractivity contribution in [2.75, 3.05) is 6.54 Å². The van der Waals surface area contributed by atoms with Crippen molar-refractivity contribution in [1.29, 1.82) is 0 Å². The highest BCUT2D eigenvalue weighted by Gasteiger charge is 2.30. The van der Waals surface area contributed by atoms with E-state index in [1.54, 1.807) is 0 Å². The Balaban J connectivity index is 1.84. The molecule has 0 unspecified atom stereocenters. The summed E-state index contributed by atoms with van der Waals surface area (Å²) in [4.78, 5) is 35.0. The van der Waals surface area contributed by atoms with E-state index in [-0.39, 0.29) is 23.0 Å². The van der Waals surface area contributed by atoms with Crippen molar-refractivity contribution in [2.45, 2.75) is 25.7 Å². The molecule has 0 bridgehead atoms. The predicted molar refractivity (Wildman–Crippen MR) is 62.2 cm³/mol. The molecule has 0 aromatic rings. The Kier molecular flexibility index (Phi) is 3.62. The Morgan fingerprint density at radius 2 is 1.71 bits per heavy atom. The molecular formula is C12H14ClNO3. The molecule has 0 aromatic carbocycles. The molecule has 1 saturated carbocycles. The van der Waals surface area contributed by atoms with Crippen LogP contribution in [0, 0.1) is 11.8 Å². The number of nitrogens with zero attached hydrogens (tertiary/aromatic N) is 1. The Morgan fingerprint density at radius 1 is 1.18 bits per heavy atom. The van der Waals surface area contributed by atoms with Crippen LogP contribution in [0.2, 0.25) is 0 Å². The molecule has 0 saturated heterocycles. The molecular weight excluding hydrogens is 242 g/mol. The van der Waals surface area contributed by atoms with Crippen LogP contribution in [-0.2, 0) is 14.4 Å². The van der Waals surface area contributed by atoms with Gasteiger partial charge in [0.25, 0.3) is 11.8 Å². The van der Waals surface area contributed by atoms with E-state index in [1.165, 1.54) is 17.1 Å². The van der Waals surface area contributed by atoms with E-state index in [2.05, 4.69) is 0 Å². The summed E-state index contributed by atoms with van der Waals surface area (Å²) in [7, 11) is 0. The van der Waals surface area contributed by atoms with Gasteiger partial charge < -0.3 is 0 Å². The van der Waals surface area contributed by atoms with Gasteiger partial charge in [-0.1, -0.05) is 0 Å². The van der Waals surface area contributed by atoms with Gasteiger partial charge in [-0.3, -0.25) is 19.3 Å². The number of imide groups is 1. The van der Waals surface area contributed by atoms with Crippen molar-refractivity contribution in [2.24, 2.45) is 11.8 Å². The van der Waals surface area contributed by atoms with Crippen LogP contribution in [0.1, 0.15) is 25.7 Å². The molecule has 1 fully saturated rings. The maximum atomic E-state index is 11.4. The lowest BCUT2D eigenvalue weighted by molar-refractivity contribution is -0.138. The van der Waals surface area contributed by atoms with Gasteiger partial charge in [0.1, 0.15) is 0 Å². The Bertz CT molecular complexity index is 365. The van der Waals surface area contributed by atoms with Gasteiger partial charge in [0.05, 0.1) is 0 Å². The van der Waals surface area contributed by atoms with Crippen LogP contribution < -0.4 is 0 Å². The fourth-order valence-corrected chi connectivity index (χ4v) is 2.66. The number of carbonyl (C=O) groups is 3. The maximum absolute atomic E-state index is 11.4. The van der Waals surface area contributed by atoms with E-state index < -0.39 is 0 Å². The lowest BCUT2D eigenvalue weighted by Gasteiger charge is -2.28. The van der Waals surface area contributed by atoms with Gasteiger partial charge >= 0.3 is 0 Å². The molecule has 1 aliphatic heterocycles. The summed E-state index contributed by atoms with van der Waals surface area (Å²) in [5, 5.41) is -0.265. The van der Waals surface area contributed by atoms with Gasteiger partial charge in [-0.2, -0.15) is 0 Å². The summed E-state index contributed by atoms with van der Waals surface area (Å²) in [5.74, 6) is -0.206. The largest absolute Gasteiger partial charge is 0.281 e. The number of carbonyl (C=O) groups excluding carboxylic acids is 3. The predicted octanol–water partition coefficient (Wildman–Crippen LogP) is 1.48. The molecule has 92 valence electrons. The average molecular weight is 256 g/mol. The van der Waals surface area contributed by atoms with Crippen molar-refractivity contribution >= 4 is 28.7 Å². The van der Waals surface area contributed by atoms with Crippen LogP contribution in [0.25, 0.3) is 0 Å². The van der Waals surface area contributed by atoms with Crippen molar-refractivity contribution in [3.05, 3.63) is 12.2 Å². The van der Waals surface area contributed by atoms with Gasteiger partial charge in [-0.25, -0.2) is 0 Å². The van der Waals surface area contributed by atoms with E-state index in [0.717, 1.165) is 25.7 Å². The van der Waals surface area contributed by atoms with Crippen LogP contribution in [-0.4, -0.2) is 28.5 Å². The molecule has 0 atom stereocenters. The smallest absolute Gasteiger partial charge is 0.253 e. The van der Waals surface area contributed by atoms with E-state index in [0.29, 0.717) is 12.5 Å². The highest BCUT2D eigenvalue weighted by molar-refractivity contribution is 6.63. The summed E-state index contributed by atoms with van der Waals surface area (Å²) in [6, 6.07) is 0. The lowest BCUT2D eigenvalue weighted by Crippen LogP contribution is -2.36. The molecule has 4 nitrogen and oxygen atoms in total. The number of hydrogen-bond acceptors (Lipinski definition) is 3. The first-order valence-corrected chi connectivity index (χ1v) is 6.18. The monoisotopic (exact) mass is 255 g/mol. The van der Waals surface area contributed by atoms with Gasteiger partial charge in [0, 0.05) is 24.6 Å². The van der Waals surface area contributed by atoms with Crippen molar-refractivity contribution in [1.82, 2.24) is 4.90 Å². The van der Waals surface area contributed by atoms with Crippen LogP contribution in [0.5, 0.6) is 0 Å². The normalized spacial score (nSPS) is 28.9. The number of amides is 2. The highest BCUT2D eigenvalue weighted by atomic mass is 35.5. The molecule has 0 N–H and O–H groups in total. The van der Waals surface area contributed by atoms with Gasteiger partial charge in [-0.15, -0.1) is 0 Å². The minimum absolute atomic E-state index is 0.0453. The third-order valence-corrected chi connectivity index (χ3v) is 3.82. The van der Waals surface area contributed by atoms with Crippen molar-refractivity contribution < 1.29 is 14.4 Å². The van der Waals surface area contributed by atoms with E-state index >= 15 is 0 Å². The van der Waals surface area contributed by atoms with Gasteiger partial charge in [-0.05, 0) is 43.2 Å². The molecule has 1 aliphatic carbocycles. The first kappa shape index (κ1) is 12.3. The molecule has 0 radical (unpaired) electrons. The summed E-state index contributed by atoms with van der Waals surface area (Å²) in [6.07, 6.45) is 5.82. The Labute approximate surface area is 105 Å². The Morgan fingerprint density at radius 3 is 2.18 bits per heavy atom. The molecule has 2 rings (SSSR count). The molecule has 0 spiro atoms. The van der Waals surface area contributed by atoms with Gasteiger partial charge in [0.2, 0.25) is 5.24 Å². The fourth-order valence-electron chi connectivity index (χ4n) is 2.44. The molecule has 2 aliphatic rings. The fraction of sp³-hybridized carbons (Fsp3) is 0.583. The summed E-state index contributed by atoms with van der Waals surface area (Å²) in [6.45, 7) is 0.466. The highest BCUT2D eigenvalue weighted by Crippen LogP contribution is 2.31. The summed E-state index contributed by atoms with van der Waals surface area (Å²) >= 11 is 5.45. The quantitative estimate of drug-likeness (QED) is 0.567. The summed E-state index contributed by atoms with van der Waals surface area (Å²) in [5.41, 5.74) is 0. The second-order valence-electron chi connectivity index (χ2n) is 4.64. The molecule has 0 aromatic heterocycles. The third-order valence-electron chi connectivity index (χ3n) is 3.51. The van der Waals surface area contributed by atoms with Crippen LogP contribution in [0.15, 0.2) is 12.2 Å². The van der Waals surface area contributed by atoms with E-state index in [1.807, 2.05) is 0 Å². The number of halogens is 1. The SMILES string of the molecule is O=C1C=CC(=O)N1C[C@H]1CC[C@H](C(=O)Cl)CC1. The average Bonchev–Trinajstić information content (AvgIpc) is 2.61. The van der Waals surface area contributed by atoms with Crippen molar-refractivity contribution in [3.63, 3.8) is 0 Å². The third kappa shape index (κ3) is 2.75. The topological polar surface area (TPSA) is 54.5 Å². The second-order valence-corrected chi connectivity index (χ2v) is 5.01. The van der Waals surface area contributed by atoms with Crippen LogP contribution in [0.3, 0.4) is 0 Å². The molecule has 5 heteroatoms. The van der Waals surface area contributed by atoms with Gasteiger partial charge in [0.15, 0.2) is 0 Å². The zero-order valence-electron chi connectivity index (χ0n) is 9.39. The first-order chi connectivity index (χ1) is 8.08. The lowest BCUT2D eigenvalue weighted by atomic mass is 9.82. The zero-order valence-corrected chi connectivity index (χ0v) is 10.2.